The Hall–Kier alpha value is -3.09. The molecule has 0 atom stereocenters. The summed E-state index contributed by atoms with van der Waals surface area (Å²) in [5, 5.41) is 9.40. The highest BCUT2D eigenvalue weighted by Crippen LogP contribution is 2.10. The van der Waals surface area contributed by atoms with Gasteiger partial charge < -0.3 is 5.32 Å². The fraction of sp³-hybridized carbons (Fsp3) is 0.125. The first-order valence-electron chi connectivity index (χ1n) is 7.05. The monoisotopic (exact) mass is 311 g/mol. The summed E-state index contributed by atoms with van der Waals surface area (Å²) in [6.07, 6.45) is 1.68. The number of benzene rings is 1. The Labute approximate surface area is 131 Å². The van der Waals surface area contributed by atoms with E-state index in [9.17, 15) is 9.18 Å². The van der Waals surface area contributed by atoms with Gasteiger partial charge in [0.15, 0.2) is 5.82 Å². The van der Waals surface area contributed by atoms with Crippen LogP contribution >= 0.6 is 0 Å². The molecule has 1 aromatic carbocycles. The number of halogens is 1. The summed E-state index contributed by atoms with van der Waals surface area (Å²) < 4.78 is 13.5. The second-order valence-corrected chi connectivity index (χ2v) is 4.87. The molecule has 6 nitrogen and oxygen atoms in total. The van der Waals surface area contributed by atoms with Crippen molar-refractivity contribution in [2.45, 2.75) is 13.0 Å². The lowest BCUT2D eigenvalue weighted by molar-refractivity contribution is -0.120. The molecule has 23 heavy (non-hydrogen) atoms. The Bertz CT molecular complexity index is 803. The summed E-state index contributed by atoms with van der Waals surface area (Å²) in [5.74, 6) is 0.251. The molecule has 0 aliphatic heterocycles. The average molecular weight is 311 g/mol. The van der Waals surface area contributed by atoms with Crippen LogP contribution in [0.2, 0.25) is 0 Å². The molecule has 0 saturated carbocycles. The number of hydrogen-bond donors (Lipinski definition) is 2. The van der Waals surface area contributed by atoms with Gasteiger partial charge in [-0.2, -0.15) is 5.10 Å². The summed E-state index contributed by atoms with van der Waals surface area (Å²) in [5.41, 5.74) is 1.06. The third-order valence-corrected chi connectivity index (χ3v) is 3.19. The van der Waals surface area contributed by atoms with E-state index >= 15 is 0 Å². The first-order valence-corrected chi connectivity index (χ1v) is 7.05. The molecule has 0 bridgehead atoms. The van der Waals surface area contributed by atoms with Gasteiger partial charge in [-0.3, -0.25) is 14.9 Å². The number of H-pyrrole nitrogens is 1. The molecular formula is C16H14FN5O. The Kier molecular flexibility index (Phi) is 4.37. The van der Waals surface area contributed by atoms with Gasteiger partial charge in [-0.25, -0.2) is 9.37 Å². The van der Waals surface area contributed by atoms with Crippen LogP contribution in [-0.4, -0.2) is 26.1 Å². The molecule has 1 amide bonds. The summed E-state index contributed by atoms with van der Waals surface area (Å²) in [4.78, 5) is 20.3. The zero-order valence-electron chi connectivity index (χ0n) is 12.2. The van der Waals surface area contributed by atoms with Gasteiger partial charge in [-0.1, -0.05) is 24.3 Å². The van der Waals surface area contributed by atoms with Crippen LogP contribution in [0.25, 0.3) is 11.5 Å². The number of carbonyl (C=O) groups excluding carboxylic acids is 1. The van der Waals surface area contributed by atoms with Crippen molar-refractivity contribution in [3.8, 4) is 11.5 Å². The topological polar surface area (TPSA) is 83.6 Å². The number of carbonyl (C=O) groups is 1. The molecule has 0 aliphatic rings. The van der Waals surface area contributed by atoms with Crippen molar-refractivity contribution in [1.82, 2.24) is 25.5 Å². The van der Waals surface area contributed by atoms with E-state index in [1.807, 2.05) is 6.07 Å². The largest absolute Gasteiger partial charge is 0.352 e. The number of rotatable bonds is 5. The van der Waals surface area contributed by atoms with Crippen molar-refractivity contribution >= 4 is 5.91 Å². The van der Waals surface area contributed by atoms with Crippen molar-refractivity contribution in [1.29, 1.82) is 0 Å². The number of nitrogens with one attached hydrogen (secondary N) is 2. The predicted molar refractivity (Wildman–Crippen MR) is 81.6 cm³/mol. The minimum atomic E-state index is -0.343. The van der Waals surface area contributed by atoms with Crippen LogP contribution in [0.3, 0.4) is 0 Å². The first kappa shape index (κ1) is 14.8. The second-order valence-electron chi connectivity index (χ2n) is 4.87. The number of aromatic nitrogens is 4. The van der Waals surface area contributed by atoms with E-state index in [-0.39, 0.29) is 24.7 Å². The molecule has 0 radical (unpaired) electrons. The van der Waals surface area contributed by atoms with Gasteiger partial charge in [0.05, 0.1) is 6.42 Å². The maximum Gasteiger partial charge on any atom is 0.227 e. The molecule has 0 saturated heterocycles. The molecule has 2 N–H and O–H groups in total. The molecule has 2 aromatic heterocycles. The van der Waals surface area contributed by atoms with Crippen LogP contribution in [0.5, 0.6) is 0 Å². The minimum absolute atomic E-state index is 0.0360. The van der Waals surface area contributed by atoms with Crippen molar-refractivity contribution in [3.05, 3.63) is 65.9 Å². The summed E-state index contributed by atoms with van der Waals surface area (Å²) in [7, 11) is 0. The third-order valence-electron chi connectivity index (χ3n) is 3.19. The summed E-state index contributed by atoms with van der Waals surface area (Å²) in [6.45, 7) is 0.132. The zero-order chi connectivity index (χ0) is 16.1. The smallest absolute Gasteiger partial charge is 0.227 e. The van der Waals surface area contributed by atoms with Gasteiger partial charge in [0.1, 0.15) is 17.3 Å². The van der Waals surface area contributed by atoms with Gasteiger partial charge in [0, 0.05) is 18.3 Å². The molecule has 7 heteroatoms. The molecule has 0 unspecified atom stereocenters. The van der Waals surface area contributed by atoms with Gasteiger partial charge >= 0.3 is 0 Å². The summed E-state index contributed by atoms with van der Waals surface area (Å²) in [6, 6.07) is 11.7. The van der Waals surface area contributed by atoms with E-state index in [2.05, 4.69) is 25.5 Å². The maximum atomic E-state index is 13.5. The van der Waals surface area contributed by atoms with Crippen molar-refractivity contribution in [2.75, 3.05) is 0 Å². The van der Waals surface area contributed by atoms with Gasteiger partial charge in [-0.15, -0.1) is 0 Å². The standard InChI is InChI=1S/C16H14FN5O/c17-12-6-2-1-5-11(12)10-19-15(23)9-14-20-16(22-21-14)13-7-3-4-8-18-13/h1-8H,9-10H2,(H,19,23)(H,20,21,22). The third kappa shape index (κ3) is 3.76. The Balaban J connectivity index is 1.58. The van der Waals surface area contributed by atoms with Crippen LogP contribution < -0.4 is 5.32 Å². The highest BCUT2D eigenvalue weighted by molar-refractivity contribution is 5.77. The van der Waals surface area contributed by atoms with E-state index in [0.717, 1.165) is 0 Å². The van der Waals surface area contributed by atoms with Crippen LogP contribution in [0, 0.1) is 5.82 Å². The van der Waals surface area contributed by atoms with Gasteiger partial charge in [0.2, 0.25) is 5.91 Å². The molecule has 0 fully saturated rings. The van der Waals surface area contributed by atoms with Crippen LogP contribution in [-0.2, 0) is 17.8 Å². The Morgan fingerprint density at radius 1 is 1.17 bits per heavy atom. The average Bonchev–Trinajstić information content (AvgIpc) is 3.03. The molecule has 116 valence electrons. The first-order chi connectivity index (χ1) is 11.2. The molecule has 3 rings (SSSR count). The number of nitrogens with zero attached hydrogens (tertiary/aromatic N) is 3. The number of hydrogen-bond acceptors (Lipinski definition) is 4. The quantitative estimate of drug-likeness (QED) is 0.753. The van der Waals surface area contributed by atoms with E-state index < -0.39 is 0 Å². The maximum absolute atomic E-state index is 13.5. The molecule has 2 heterocycles. The Morgan fingerprint density at radius 2 is 2.00 bits per heavy atom. The summed E-state index contributed by atoms with van der Waals surface area (Å²) >= 11 is 0. The van der Waals surface area contributed by atoms with E-state index in [1.54, 1.807) is 36.5 Å². The predicted octanol–water partition coefficient (Wildman–Crippen LogP) is 1.86. The molecule has 3 aromatic rings. The highest BCUT2D eigenvalue weighted by atomic mass is 19.1. The highest BCUT2D eigenvalue weighted by Gasteiger charge is 2.11. The fourth-order valence-electron chi connectivity index (χ4n) is 2.03. The Morgan fingerprint density at radius 3 is 2.78 bits per heavy atom. The van der Waals surface area contributed by atoms with E-state index in [0.29, 0.717) is 22.9 Å². The SMILES string of the molecule is O=C(Cc1nc(-c2ccccn2)n[nH]1)NCc1ccccc1F. The lowest BCUT2D eigenvalue weighted by Crippen LogP contribution is -2.25. The van der Waals surface area contributed by atoms with Gasteiger partial charge in [0.25, 0.3) is 0 Å². The van der Waals surface area contributed by atoms with E-state index in [4.69, 9.17) is 0 Å². The molecule has 0 aliphatic carbocycles. The van der Waals surface area contributed by atoms with Crippen molar-refractivity contribution < 1.29 is 9.18 Å². The lowest BCUT2D eigenvalue weighted by atomic mass is 10.2. The lowest BCUT2D eigenvalue weighted by Gasteiger charge is -2.04. The van der Waals surface area contributed by atoms with Crippen LogP contribution in [0.4, 0.5) is 4.39 Å². The van der Waals surface area contributed by atoms with E-state index in [1.165, 1.54) is 6.07 Å². The van der Waals surface area contributed by atoms with Crippen molar-refractivity contribution in [3.63, 3.8) is 0 Å². The number of amides is 1. The van der Waals surface area contributed by atoms with Crippen LogP contribution in [0.15, 0.2) is 48.7 Å². The second kappa shape index (κ2) is 6.78. The molecular weight excluding hydrogens is 297 g/mol. The van der Waals surface area contributed by atoms with Crippen molar-refractivity contribution in [2.24, 2.45) is 0 Å². The number of pyridine rings is 1. The normalized spacial score (nSPS) is 10.5. The minimum Gasteiger partial charge on any atom is -0.352 e. The number of aromatic amines is 1. The fourth-order valence-corrected chi connectivity index (χ4v) is 2.03. The van der Waals surface area contributed by atoms with Crippen LogP contribution in [0.1, 0.15) is 11.4 Å². The zero-order valence-corrected chi connectivity index (χ0v) is 12.2. The van der Waals surface area contributed by atoms with Gasteiger partial charge in [-0.05, 0) is 18.2 Å². The molecule has 0 spiro atoms.